The molecule has 5 heteroatoms. The van der Waals surface area contributed by atoms with Gasteiger partial charge in [-0.1, -0.05) is 30.3 Å². The van der Waals surface area contributed by atoms with Gasteiger partial charge in [-0.2, -0.15) is 0 Å². The lowest BCUT2D eigenvalue weighted by Crippen LogP contribution is -2.44. The molecule has 2 aliphatic rings. The Bertz CT molecular complexity index is 988. The van der Waals surface area contributed by atoms with Crippen LogP contribution in [0, 0.1) is 0 Å². The molecule has 144 valence electrons. The molecule has 1 fully saturated rings. The summed E-state index contributed by atoms with van der Waals surface area (Å²) in [6.45, 7) is 3.76. The van der Waals surface area contributed by atoms with Crippen LogP contribution in [0.2, 0.25) is 0 Å². The number of likely N-dealkylation sites (tertiary alicyclic amines) is 1. The average Bonchev–Trinajstić information content (AvgIpc) is 3.16. The fraction of sp³-hybridized carbons (Fsp3) is 0.348. The summed E-state index contributed by atoms with van der Waals surface area (Å²) in [4.78, 5) is 7.25. The predicted octanol–water partition coefficient (Wildman–Crippen LogP) is 3.43. The molecule has 2 aromatic carbocycles. The zero-order valence-electron chi connectivity index (χ0n) is 15.9. The van der Waals surface area contributed by atoms with Crippen LogP contribution >= 0.6 is 0 Å². The van der Waals surface area contributed by atoms with E-state index in [-0.39, 0.29) is 16.9 Å². The van der Waals surface area contributed by atoms with Crippen LogP contribution in [-0.2, 0) is 24.9 Å². The van der Waals surface area contributed by atoms with Gasteiger partial charge in [0.15, 0.2) is 11.5 Å². The fourth-order valence-corrected chi connectivity index (χ4v) is 4.97. The highest BCUT2D eigenvalue weighted by atomic mass is 16.3. The van der Waals surface area contributed by atoms with Crippen molar-refractivity contribution in [2.75, 3.05) is 13.1 Å². The Morgan fingerprint density at radius 1 is 0.964 bits per heavy atom. The van der Waals surface area contributed by atoms with Crippen molar-refractivity contribution in [2.24, 2.45) is 0 Å². The Labute approximate surface area is 164 Å². The van der Waals surface area contributed by atoms with Gasteiger partial charge in [-0.25, -0.2) is 4.98 Å². The summed E-state index contributed by atoms with van der Waals surface area (Å²) in [7, 11) is 0. The largest absolute Gasteiger partial charge is 0.504 e. The van der Waals surface area contributed by atoms with Gasteiger partial charge in [0.2, 0.25) is 0 Å². The van der Waals surface area contributed by atoms with Gasteiger partial charge in [0, 0.05) is 25.5 Å². The van der Waals surface area contributed by atoms with Gasteiger partial charge in [-0.3, -0.25) is 4.90 Å². The third-order valence-electron chi connectivity index (χ3n) is 6.44. The van der Waals surface area contributed by atoms with E-state index in [0.29, 0.717) is 0 Å². The lowest BCUT2D eigenvalue weighted by molar-refractivity contribution is 0.166. The summed E-state index contributed by atoms with van der Waals surface area (Å²) in [6, 6.07) is 14.1. The lowest BCUT2D eigenvalue weighted by atomic mass is 9.70. The molecule has 2 N–H and O–H groups in total. The minimum absolute atomic E-state index is 0.0325. The van der Waals surface area contributed by atoms with Gasteiger partial charge in [-0.15, -0.1) is 0 Å². The highest BCUT2D eigenvalue weighted by molar-refractivity contribution is 5.51. The van der Waals surface area contributed by atoms with Crippen LogP contribution < -0.4 is 0 Å². The number of piperidine rings is 1. The first-order valence-electron chi connectivity index (χ1n) is 9.99. The summed E-state index contributed by atoms with van der Waals surface area (Å²) in [5, 5.41) is 20.3. The third kappa shape index (κ3) is 2.78. The number of aromatic nitrogens is 2. The molecule has 0 amide bonds. The summed E-state index contributed by atoms with van der Waals surface area (Å²) >= 11 is 0. The van der Waals surface area contributed by atoms with Crippen molar-refractivity contribution in [1.82, 2.24) is 14.5 Å². The predicted molar refractivity (Wildman–Crippen MR) is 107 cm³/mol. The van der Waals surface area contributed by atoms with E-state index in [0.717, 1.165) is 62.4 Å². The Hall–Kier alpha value is -2.79. The van der Waals surface area contributed by atoms with E-state index in [1.807, 2.05) is 6.20 Å². The van der Waals surface area contributed by atoms with Gasteiger partial charge < -0.3 is 14.8 Å². The standard InChI is InChI=1S/C23H25N3O2/c27-20-14-18-6-10-26-13-9-24-22(26)23(19(18)15-21(20)28)7-11-25(12-8-23)16-17-4-2-1-3-5-17/h1-5,9,13-15,27-28H,6-8,10-12,16H2. The number of phenols is 2. The number of nitrogens with zero attached hydrogens (tertiary/aromatic N) is 3. The number of benzene rings is 2. The molecular weight excluding hydrogens is 350 g/mol. The van der Waals surface area contributed by atoms with Crippen LogP contribution in [0.3, 0.4) is 0 Å². The number of fused-ring (bicyclic) bond motifs is 4. The first-order valence-corrected chi connectivity index (χ1v) is 9.99. The van der Waals surface area contributed by atoms with Crippen LogP contribution in [0.4, 0.5) is 0 Å². The second kappa shape index (κ2) is 6.67. The Morgan fingerprint density at radius 3 is 2.50 bits per heavy atom. The van der Waals surface area contributed by atoms with Crippen molar-refractivity contribution >= 4 is 0 Å². The van der Waals surface area contributed by atoms with E-state index in [2.05, 4.69) is 46.0 Å². The van der Waals surface area contributed by atoms with Crippen LogP contribution in [0.5, 0.6) is 11.5 Å². The topological polar surface area (TPSA) is 61.5 Å². The van der Waals surface area contributed by atoms with Crippen LogP contribution in [0.1, 0.15) is 35.4 Å². The molecule has 5 rings (SSSR count). The van der Waals surface area contributed by atoms with Gasteiger partial charge in [0.05, 0.1) is 5.41 Å². The van der Waals surface area contributed by atoms with E-state index in [1.54, 1.807) is 12.1 Å². The van der Waals surface area contributed by atoms with Crippen molar-refractivity contribution in [3.05, 3.63) is 77.4 Å². The van der Waals surface area contributed by atoms with Crippen molar-refractivity contribution in [2.45, 2.75) is 37.8 Å². The number of imidazole rings is 1. The van der Waals surface area contributed by atoms with Crippen molar-refractivity contribution in [1.29, 1.82) is 0 Å². The second-order valence-corrected chi connectivity index (χ2v) is 8.04. The minimum Gasteiger partial charge on any atom is -0.504 e. The van der Waals surface area contributed by atoms with Crippen molar-refractivity contribution in [3.63, 3.8) is 0 Å². The first-order chi connectivity index (χ1) is 13.7. The zero-order chi connectivity index (χ0) is 19.1. The molecule has 1 aromatic heterocycles. The van der Waals surface area contributed by atoms with E-state index in [1.165, 1.54) is 5.56 Å². The maximum absolute atomic E-state index is 10.2. The highest BCUT2D eigenvalue weighted by Crippen LogP contribution is 2.46. The molecule has 3 heterocycles. The maximum Gasteiger partial charge on any atom is 0.157 e. The number of aryl methyl sites for hydroxylation is 2. The maximum atomic E-state index is 10.2. The Kier molecular flexibility index (Phi) is 4.13. The number of hydrogen-bond donors (Lipinski definition) is 2. The molecular formula is C23H25N3O2. The quantitative estimate of drug-likeness (QED) is 0.674. The lowest BCUT2D eigenvalue weighted by Gasteiger charge is -2.42. The molecule has 0 aliphatic carbocycles. The SMILES string of the molecule is Oc1cc2c(cc1O)C1(CCN(Cc3ccccc3)CC1)c1nccn1CC2. The summed E-state index contributed by atoms with van der Waals surface area (Å²) in [5.41, 5.74) is 3.38. The van der Waals surface area contributed by atoms with Gasteiger partial charge in [0.25, 0.3) is 0 Å². The Balaban J connectivity index is 1.50. The molecule has 0 unspecified atom stereocenters. The van der Waals surface area contributed by atoms with E-state index >= 15 is 0 Å². The van der Waals surface area contributed by atoms with E-state index < -0.39 is 0 Å². The normalized spacial score (nSPS) is 18.4. The molecule has 3 aromatic rings. The fourth-order valence-electron chi connectivity index (χ4n) is 4.97. The monoisotopic (exact) mass is 375 g/mol. The molecule has 5 nitrogen and oxygen atoms in total. The van der Waals surface area contributed by atoms with Gasteiger partial charge >= 0.3 is 0 Å². The molecule has 0 saturated carbocycles. The van der Waals surface area contributed by atoms with E-state index in [4.69, 9.17) is 4.98 Å². The molecule has 1 saturated heterocycles. The summed E-state index contributed by atoms with van der Waals surface area (Å²) < 4.78 is 2.25. The van der Waals surface area contributed by atoms with Gasteiger partial charge in [-0.05, 0) is 61.2 Å². The molecule has 1 spiro atoms. The average molecular weight is 375 g/mol. The number of hydrogen-bond acceptors (Lipinski definition) is 4. The molecule has 2 aliphatic heterocycles. The molecule has 0 atom stereocenters. The first kappa shape index (κ1) is 17.3. The zero-order valence-corrected chi connectivity index (χ0v) is 15.9. The number of aromatic hydroxyl groups is 2. The summed E-state index contributed by atoms with van der Waals surface area (Å²) in [5.74, 6) is 1.02. The molecule has 0 radical (unpaired) electrons. The van der Waals surface area contributed by atoms with Crippen molar-refractivity contribution < 1.29 is 10.2 Å². The summed E-state index contributed by atoms with van der Waals surface area (Å²) in [6.07, 6.45) is 6.68. The minimum atomic E-state index is -0.215. The second-order valence-electron chi connectivity index (χ2n) is 8.04. The number of rotatable bonds is 2. The third-order valence-corrected chi connectivity index (χ3v) is 6.44. The van der Waals surface area contributed by atoms with Crippen molar-refractivity contribution in [3.8, 4) is 11.5 Å². The van der Waals surface area contributed by atoms with Crippen LogP contribution in [0.25, 0.3) is 0 Å². The number of phenolic OH excluding ortho intramolecular Hbond substituents is 2. The Morgan fingerprint density at radius 2 is 1.71 bits per heavy atom. The smallest absolute Gasteiger partial charge is 0.157 e. The molecule has 0 bridgehead atoms. The van der Waals surface area contributed by atoms with Crippen LogP contribution in [0.15, 0.2) is 54.9 Å². The highest BCUT2D eigenvalue weighted by Gasteiger charge is 2.44. The van der Waals surface area contributed by atoms with Gasteiger partial charge in [0.1, 0.15) is 5.82 Å². The molecule has 28 heavy (non-hydrogen) atoms. The van der Waals surface area contributed by atoms with Crippen LogP contribution in [-0.4, -0.2) is 37.8 Å². The van der Waals surface area contributed by atoms with E-state index in [9.17, 15) is 10.2 Å².